The van der Waals surface area contributed by atoms with Crippen molar-refractivity contribution in [3.63, 3.8) is 0 Å². The normalized spacial score (nSPS) is 20.1. The molecule has 0 heterocycles. The maximum Gasteiger partial charge on any atom is 0.307 e. The minimum atomic E-state index is -0.739. The first-order chi connectivity index (χ1) is 9.13. The van der Waals surface area contributed by atoms with E-state index in [4.69, 9.17) is 10.8 Å². The second-order valence-corrected chi connectivity index (χ2v) is 6.40. The Morgan fingerprint density at radius 2 is 1.95 bits per heavy atom. The van der Waals surface area contributed by atoms with Crippen LogP contribution >= 0.6 is 0 Å². The lowest BCUT2D eigenvalue weighted by Gasteiger charge is -2.21. The molecule has 0 saturated heterocycles. The molecule has 3 nitrogen and oxygen atoms in total. The Balaban J connectivity index is 2.06. The maximum atomic E-state index is 10.9. The third kappa shape index (κ3) is 6.95. The van der Waals surface area contributed by atoms with Gasteiger partial charge < -0.3 is 10.8 Å². The van der Waals surface area contributed by atoms with Crippen LogP contribution < -0.4 is 5.73 Å². The zero-order valence-electron chi connectivity index (χ0n) is 12.4. The fourth-order valence-electron chi connectivity index (χ4n) is 3.30. The van der Waals surface area contributed by atoms with E-state index in [0.717, 1.165) is 18.8 Å². The molecule has 1 saturated carbocycles. The van der Waals surface area contributed by atoms with Gasteiger partial charge in [-0.25, -0.2) is 0 Å². The average molecular weight is 269 g/mol. The highest BCUT2D eigenvalue weighted by molar-refractivity contribution is 5.70. The third-order valence-corrected chi connectivity index (χ3v) is 4.60. The fraction of sp³-hybridized carbons (Fsp3) is 0.938. The first-order valence-corrected chi connectivity index (χ1v) is 8.06. The Kier molecular flexibility index (Phi) is 8.11. The van der Waals surface area contributed by atoms with Crippen molar-refractivity contribution < 1.29 is 9.90 Å². The molecule has 3 heteroatoms. The Morgan fingerprint density at radius 3 is 2.53 bits per heavy atom. The van der Waals surface area contributed by atoms with Crippen molar-refractivity contribution in [1.82, 2.24) is 0 Å². The van der Waals surface area contributed by atoms with Gasteiger partial charge in [-0.15, -0.1) is 0 Å². The molecule has 1 aliphatic rings. The van der Waals surface area contributed by atoms with Crippen molar-refractivity contribution in [3.8, 4) is 0 Å². The van der Waals surface area contributed by atoms with Gasteiger partial charge in [-0.1, -0.05) is 64.7 Å². The van der Waals surface area contributed by atoms with Crippen LogP contribution in [0.3, 0.4) is 0 Å². The highest BCUT2D eigenvalue weighted by Gasteiger charge is 2.18. The molecule has 0 aromatic heterocycles. The van der Waals surface area contributed by atoms with Crippen LogP contribution in [0, 0.1) is 17.8 Å². The Hall–Kier alpha value is -0.570. The molecule has 19 heavy (non-hydrogen) atoms. The fourth-order valence-corrected chi connectivity index (χ4v) is 3.30. The van der Waals surface area contributed by atoms with E-state index in [0.29, 0.717) is 5.92 Å². The summed E-state index contributed by atoms with van der Waals surface area (Å²) in [5, 5.41) is 8.98. The molecule has 2 atom stereocenters. The van der Waals surface area contributed by atoms with Crippen LogP contribution in [0.5, 0.6) is 0 Å². The lowest BCUT2D eigenvalue weighted by atomic mass is 9.85. The highest BCUT2D eigenvalue weighted by Crippen LogP contribution is 2.28. The summed E-state index contributed by atoms with van der Waals surface area (Å²) in [4.78, 5) is 10.9. The van der Waals surface area contributed by atoms with Crippen LogP contribution in [0.1, 0.15) is 71.1 Å². The van der Waals surface area contributed by atoms with E-state index in [-0.39, 0.29) is 12.5 Å². The van der Waals surface area contributed by atoms with E-state index < -0.39 is 5.97 Å². The summed E-state index contributed by atoms with van der Waals surface area (Å²) in [6.45, 7) is 2.42. The SMILES string of the molecule is C[C@@H](CCCCC1CCCCC1)C[C@H](CN)C(=O)O. The molecule has 1 fully saturated rings. The predicted octanol–water partition coefficient (Wildman–Crippen LogP) is 3.81. The van der Waals surface area contributed by atoms with E-state index in [2.05, 4.69) is 6.92 Å². The molecule has 0 amide bonds. The van der Waals surface area contributed by atoms with Crippen molar-refractivity contribution in [2.75, 3.05) is 6.54 Å². The predicted molar refractivity (Wildman–Crippen MR) is 79.0 cm³/mol. The monoisotopic (exact) mass is 269 g/mol. The highest BCUT2D eigenvalue weighted by atomic mass is 16.4. The summed E-state index contributed by atoms with van der Waals surface area (Å²) in [7, 11) is 0. The zero-order valence-corrected chi connectivity index (χ0v) is 12.4. The van der Waals surface area contributed by atoms with E-state index in [1.165, 1.54) is 51.4 Å². The summed E-state index contributed by atoms with van der Waals surface area (Å²) < 4.78 is 0. The number of aliphatic carboxylic acids is 1. The van der Waals surface area contributed by atoms with Gasteiger partial charge >= 0.3 is 5.97 Å². The molecule has 0 bridgehead atoms. The van der Waals surface area contributed by atoms with E-state index in [1.807, 2.05) is 0 Å². The summed E-state index contributed by atoms with van der Waals surface area (Å²) in [6, 6.07) is 0. The van der Waals surface area contributed by atoms with Crippen LogP contribution in [-0.2, 0) is 4.79 Å². The van der Waals surface area contributed by atoms with E-state index >= 15 is 0 Å². The van der Waals surface area contributed by atoms with Gasteiger partial charge in [-0.05, 0) is 18.3 Å². The smallest absolute Gasteiger partial charge is 0.307 e. The molecule has 0 radical (unpaired) electrons. The first-order valence-electron chi connectivity index (χ1n) is 8.06. The Morgan fingerprint density at radius 1 is 1.26 bits per heavy atom. The van der Waals surface area contributed by atoms with Crippen LogP contribution in [0.25, 0.3) is 0 Å². The van der Waals surface area contributed by atoms with Gasteiger partial charge in [0.1, 0.15) is 0 Å². The number of hydrogen-bond donors (Lipinski definition) is 2. The number of unbranched alkanes of at least 4 members (excludes halogenated alkanes) is 1. The van der Waals surface area contributed by atoms with Gasteiger partial charge in [-0.3, -0.25) is 4.79 Å². The molecule has 0 aromatic rings. The van der Waals surface area contributed by atoms with Gasteiger partial charge in [0, 0.05) is 6.54 Å². The average Bonchev–Trinajstić information content (AvgIpc) is 2.42. The first kappa shape index (κ1) is 16.5. The summed E-state index contributed by atoms with van der Waals surface area (Å²) in [6.07, 6.45) is 13.0. The largest absolute Gasteiger partial charge is 0.481 e. The van der Waals surface area contributed by atoms with Crippen LogP contribution in [0.4, 0.5) is 0 Å². The topological polar surface area (TPSA) is 63.3 Å². The second-order valence-electron chi connectivity index (χ2n) is 6.40. The molecule has 1 rings (SSSR count). The maximum absolute atomic E-state index is 10.9. The van der Waals surface area contributed by atoms with Crippen LogP contribution in [0.15, 0.2) is 0 Å². The molecule has 0 unspecified atom stereocenters. The summed E-state index contributed by atoms with van der Waals surface area (Å²) >= 11 is 0. The van der Waals surface area contributed by atoms with Gasteiger partial charge in [0.15, 0.2) is 0 Å². The van der Waals surface area contributed by atoms with Crippen molar-refractivity contribution in [3.05, 3.63) is 0 Å². The minimum absolute atomic E-state index is 0.266. The standard InChI is InChI=1S/C16H31NO2/c1-13(11-15(12-17)16(18)19)7-5-6-10-14-8-3-2-4-9-14/h13-15H,2-12,17H2,1H3,(H,18,19)/t13-,15+/m0/s1. The van der Waals surface area contributed by atoms with Crippen molar-refractivity contribution >= 4 is 5.97 Å². The molecule has 112 valence electrons. The number of carboxylic acid groups (broad SMARTS) is 1. The van der Waals surface area contributed by atoms with Crippen LogP contribution in [0.2, 0.25) is 0 Å². The lowest BCUT2D eigenvalue weighted by Crippen LogP contribution is -2.25. The molecule has 0 aromatic carbocycles. The van der Waals surface area contributed by atoms with Crippen molar-refractivity contribution in [2.24, 2.45) is 23.5 Å². The Labute approximate surface area is 118 Å². The quantitative estimate of drug-likeness (QED) is 0.626. The van der Waals surface area contributed by atoms with Crippen LogP contribution in [-0.4, -0.2) is 17.6 Å². The van der Waals surface area contributed by atoms with E-state index in [9.17, 15) is 4.79 Å². The third-order valence-electron chi connectivity index (χ3n) is 4.60. The van der Waals surface area contributed by atoms with Gasteiger partial charge in [0.25, 0.3) is 0 Å². The zero-order chi connectivity index (χ0) is 14.1. The summed E-state index contributed by atoms with van der Waals surface area (Å²) in [5.41, 5.74) is 5.49. The molecule has 0 spiro atoms. The number of rotatable bonds is 9. The van der Waals surface area contributed by atoms with Gasteiger partial charge in [0.05, 0.1) is 5.92 Å². The Bertz CT molecular complexity index is 249. The van der Waals surface area contributed by atoms with Crippen molar-refractivity contribution in [1.29, 1.82) is 0 Å². The molecular formula is C16H31NO2. The number of carbonyl (C=O) groups is 1. The molecule has 3 N–H and O–H groups in total. The van der Waals surface area contributed by atoms with Gasteiger partial charge in [-0.2, -0.15) is 0 Å². The molecule has 1 aliphatic carbocycles. The van der Waals surface area contributed by atoms with Crippen molar-refractivity contribution in [2.45, 2.75) is 71.1 Å². The lowest BCUT2D eigenvalue weighted by molar-refractivity contribution is -0.141. The van der Waals surface area contributed by atoms with Gasteiger partial charge in [0.2, 0.25) is 0 Å². The minimum Gasteiger partial charge on any atom is -0.481 e. The molecule has 0 aliphatic heterocycles. The van der Waals surface area contributed by atoms with E-state index in [1.54, 1.807) is 0 Å². The number of hydrogen-bond acceptors (Lipinski definition) is 2. The molecular weight excluding hydrogens is 238 g/mol. The number of carboxylic acids is 1. The number of nitrogens with two attached hydrogens (primary N) is 1. The second kappa shape index (κ2) is 9.35. The summed E-state index contributed by atoms with van der Waals surface area (Å²) in [5.74, 6) is 0.362.